The highest BCUT2D eigenvalue weighted by Gasteiger charge is 2.42. The maximum atomic E-state index is 12.7. The minimum atomic E-state index is -0.935. The van der Waals surface area contributed by atoms with Crippen molar-refractivity contribution in [3.8, 4) is 11.5 Å². The third-order valence-electron chi connectivity index (χ3n) is 4.89. The fraction of sp³-hybridized carbons (Fsp3) is 0.462. The normalized spacial score (nSPS) is 18.0. The molecule has 0 spiro atoms. The topological polar surface area (TPSA) is 74.3 Å². The van der Waals surface area contributed by atoms with Crippen LogP contribution >= 0.6 is 0 Å². The maximum absolute atomic E-state index is 12.7. The Morgan fingerprint density at radius 2 is 1.42 bits per heavy atom. The molecule has 2 aromatic carbocycles. The first-order valence-corrected chi connectivity index (χ1v) is 11.2. The summed E-state index contributed by atoms with van der Waals surface area (Å²) in [5.41, 5.74) is -0.363. The first-order chi connectivity index (χ1) is 15.4. The van der Waals surface area contributed by atoms with Crippen molar-refractivity contribution >= 4 is 12.2 Å². The van der Waals surface area contributed by atoms with Crippen LogP contribution in [0.3, 0.4) is 0 Å². The molecule has 0 N–H and O–H groups in total. The second-order valence-corrected chi connectivity index (χ2v) is 10.2. The van der Waals surface area contributed by atoms with Gasteiger partial charge in [0.05, 0.1) is 6.04 Å². The zero-order valence-corrected chi connectivity index (χ0v) is 20.2. The van der Waals surface area contributed by atoms with Gasteiger partial charge in [0.15, 0.2) is 0 Å². The third kappa shape index (κ3) is 7.41. The Kier molecular flexibility index (Phi) is 7.20. The minimum Gasteiger partial charge on any atom is -0.457 e. The quantitative estimate of drug-likeness (QED) is 0.372. The van der Waals surface area contributed by atoms with Gasteiger partial charge in [-0.05, 0) is 90.1 Å². The zero-order valence-electron chi connectivity index (χ0n) is 20.2. The molecular formula is C26H33NO6. The highest BCUT2D eigenvalue weighted by atomic mass is 16.8. The lowest BCUT2D eigenvalue weighted by molar-refractivity contribution is -0.169. The first-order valence-electron chi connectivity index (χ1n) is 11.2. The molecule has 0 bridgehead atoms. The molecule has 178 valence electrons. The monoisotopic (exact) mass is 455 g/mol. The van der Waals surface area contributed by atoms with Crippen molar-refractivity contribution in [2.75, 3.05) is 0 Å². The summed E-state index contributed by atoms with van der Waals surface area (Å²) in [5, 5.41) is 1.01. The summed E-state index contributed by atoms with van der Waals surface area (Å²) in [5.74, 6) is 1.71. The van der Waals surface area contributed by atoms with E-state index in [1.807, 2.05) is 54.6 Å². The third-order valence-corrected chi connectivity index (χ3v) is 4.89. The summed E-state index contributed by atoms with van der Waals surface area (Å²) < 4.78 is 16.6. The van der Waals surface area contributed by atoms with Gasteiger partial charge < -0.3 is 14.2 Å². The number of carbonyl (C=O) groups excluding carboxylic acids is 2. The number of hydroxylamine groups is 2. The van der Waals surface area contributed by atoms with Crippen molar-refractivity contribution in [3.63, 3.8) is 0 Å². The Hall–Kier alpha value is -3.22. The van der Waals surface area contributed by atoms with Crippen LogP contribution in [0.25, 0.3) is 0 Å². The van der Waals surface area contributed by atoms with Crippen molar-refractivity contribution in [2.45, 2.75) is 77.5 Å². The van der Waals surface area contributed by atoms with Crippen molar-refractivity contribution in [1.29, 1.82) is 0 Å². The van der Waals surface area contributed by atoms with E-state index >= 15 is 0 Å². The van der Waals surface area contributed by atoms with Crippen LogP contribution < -0.4 is 4.74 Å². The van der Waals surface area contributed by atoms with Gasteiger partial charge in [-0.3, -0.25) is 4.84 Å². The molecule has 1 aliphatic carbocycles. The van der Waals surface area contributed by atoms with E-state index in [0.29, 0.717) is 12.8 Å². The lowest BCUT2D eigenvalue weighted by Crippen LogP contribution is -2.50. The second-order valence-electron chi connectivity index (χ2n) is 10.2. The molecule has 7 heteroatoms. The zero-order chi connectivity index (χ0) is 24.2. The highest BCUT2D eigenvalue weighted by Crippen LogP contribution is 2.41. The lowest BCUT2D eigenvalue weighted by atomic mass is 9.75. The summed E-state index contributed by atoms with van der Waals surface area (Å²) in [6, 6.07) is 17.2. The summed E-state index contributed by atoms with van der Waals surface area (Å²) in [6.45, 7) is 10.5. The molecule has 1 amide bonds. The van der Waals surface area contributed by atoms with E-state index in [1.165, 1.54) is 0 Å². The summed E-state index contributed by atoms with van der Waals surface area (Å²) >= 11 is 0. The molecular weight excluding hydrogens is 422 g/mol. The van der Waals surface area contributed by atoms with Crippen molar-refractivity contribution < 1.29 is 28.6 Å². The predicted octanol–water partition coefficient (Wildman–Crippen LogP) is 6.83. The van der Waals surface area contributed by atoms with Crippen molar-refractivity contribution in [2.24, 2.45) is 0 Å². The molecule has 0 radical (unpaired) electrons. The van der Waals surface area contributed by atoms with Crippen LogP contribution in [0.15, 0.2) is 54.6 Å². The van der Waals surface area contributed by atoms with Crippen LogP contribution in [-0.2, 0) is 14.3 Å². The number of nitrogens with zero attached hydrogens (tertiary/aromatic N) is 1. The highest BCUT2D eigenvalue weighted by molar-refractivity contribution is 5.70. The van der Waals surface area contributed by atoms with Crippen LogP contribution in [-0.4, -0.2) is 34.6 Å². The molecule has 0 saturated heterocycles. The van der Waals surface area contributed by atoms with Gasteiger partial charge in [-0.25, -0.2) is 9.59 Å². The van der Waals surface area contributed by atoms with E-state index in [9.17, 15) is 9.59 Å². The number of hydrogen-bond donors (Lipinski definition) is 0. The molecule has 0 aliphatic heterocycles. The van der Waals surface area contributed by atoms with E-state index in [-0.39, 0.29) is 12.0 Å². The van der Waals surface area contributed by atoms with Crippen LogP contribution in [0.4, 0.5) is 9.59 Å². The first kappa shape index (κ1) is 24.4. The number of ether oxygens (including phenoxy) is 3. The number of rotatable bonds is 4. The second kappa shape index (κ2) is 9.73. The molecule has 33 heavy (non-hydrogen) atoms. The Balaban J connectivity index is 1.67. The molecule has 3 rings (SSSR count). The largest absolute Gasteiger partial charge is 0.534 e. The molecule has 2 aromatic rings. The van der Waals surface area contributed by atoms with E-state index in [0.717, 1.165) is 22.1 Å². The number of amides is 1. The molecule has 0 aromatic heterocycles. The molecule has 7 nitrogen and oxygen atoms in total. The lowest BCUT2D eigenvalue weighted by Gasteiger charge is -2.41. The summed E-state index contributed by atoms with van der Waals surface area (Å²) in [4.78, 5) is 30.3. The van der Waals surface area contributed by atoms with Crippen LogP contribution in [0.1, 0.15) is 65.9 Å². The van der Waals surface area contributed by atoms with Gasteiger partial charge in [0.1, 0.15) is 22.7 Å². The molecule has 0 unspecified atom stereocenters. The average molecular weight is 456 g/mol. The van der Waals surface area contributed by atoms with Gasteiger partial charge >= 0.3 is 12.2 Å². The smallest absolute Gasteiger partial charge is 0.457 e. The van der Waals surface area contributed by atoms with E-state index in [1.54, 1.807) is 41.5 Å². The van der Waals surface area contributed by atoms with Gasteiger partial charge in [0, 0.05) is 0 Å². The molecule has 0 atom stereocenters. The van der Waals surface area contributed by atoms with Gasteiger partial charge in [-0.15, -0.1) is 5.06 Å². The molecule has 1 aliphatic rings. The Morgan fingerprint density at radius 1 is 0.818 bits per heavy atom. The Labute approximate surface area is 195 Å². The Morgan fingerprint density at radius 3 is 2.03 bits per heavy atom. The minimum absolute atomic E-state index is 0.196. The van der Waals surface area contributed by atoms with Crippen LogP contribution in [0, 0.1) is 0 Å². The molecule has 0 heterocycles. The Bertz CT molecular complexity index is 955. The van der Waals surface area contributed by atoms with Gasteiger partial charge in [0.25, 0.3) is 0 Å². The van der Waals surface area contributed by atoms with Crippen LogP contribution in [0.5, 0.6) is 11.5 Å². The number of carbonyl (C=O) groups is 2. The average Bonchev–Trinajstić information content (AvgIpc) is 2.64. The number of hydrogen-bond acceptors (Lipinski definition) is 6. The maximum Gasteiger partial charge on any atom is 0.534 e. The SMILES string of the molecule is CC(C)(C)OC(=O)ON(C(=O)OC(C)(C)C)C1CC(c2cccc(Oc3ccccc3)c2)C1. The van der Waals surface area contributed by atoms with E-state index in [4.69, 9.17) is 19.0 Å². The number of benzene rings is 2. The van der Waals surface area contributed by atoms with Gasteiger partial charge in [-0.2, -0.15) is 0 Å². The van der Waals surface area contributed by atoms with Crippen molar-refractivity contribution in [1.82, 2.24) is 5.06 Å². The molecule has 1 fully saturated rings. The van der Waals surface area contributed by atoms with E-state index < -0.39 is 23.5 Å². The van der Waals surface area contributed by atoms with Gasteiger partial charge in [0.2, 0.25) is 0 Å². The fourth-order valence-corrected chi connectivity index (χ4v) is 3.42. The van der Waals surface area contributed by atoms with Crippen LogP contribution in [0.2, 0.25) is 0 Å². The number of para-hydroxylation sites is 1. The summed E-state index contributed by atoms with van der Waals surface area (Å²) in [7, 11) is 0. The molecule has 1 saturated carbocycles. The van der Waals surface area contributed by atoms with Crippen molar-refractivity contribution in [3.05, 3.63) is 60.2 Å². The predicted molar refractivity (Wildman–Crippen MR) is 124 cm³/mol. The van der Waals surface area contributed by atoms with E-state index in [2.05, 4.69) is 0 Å². The summed E-state index contributed by atoms with van der Waals surface area (Å²) in [6.07, 6.45) is -0.402. The fourth-order valence-electron chi connectivity index (χ4n) is 3.42. The van der Waals surface area contributed by atoms with Gasteiger partial charge in [-0.1, -0.05) is 30.3 Å². The standard InChI is InChI=1S/C26H33NO6/c1-25(2,3)31-23(28)27(33-24(29)32-26(4,5)6)20-15-19(16-20)18-11-10-14-22(17-18)30-21-12-8-7-9-13-21/h7-14,17,19-20H,15-16H2,1-6H3.